The molecule has 5 heteroatoms. The second-order valence-electron chi connectivity index (χ2n) is 6.51. The molecule has 0 aromatic carbocycles. The highest BCUT2D eigenvalue weighted by Crippen LogP contribution is 2.33. The third kappa shape index (κ3) is 2.97. The van der Waals surface area contributed by atoms with Crippen molar-refractivity contribution in [3.63, 3.8) is 0 Å². The van der Waals surface area contributed by atoms with Gasteiger partial charge in [-0.25, -0.2) is 0 Å². The average molecular weight is 266 g/mol. The van der Waals surface area contributed by atoms with Gasteiger partial charge in [0, 0.05) is 23.6 Å². The average Bonchev–Trinajstić information content (AvgIpc) is 2.61. The van der Waals surface area contributed by atoms with Crippen LogP contribution in [0.25, 0.3) is 0 Å². The second kappa shape index (κ2) is 4.96. The summed E-state index contributed by atoms with van der Waals surface area (Å²) >= 11 is 0. The first kappa shape index (κ1) is 14.1. The van der Waals surface area contributed by atoms with E-state index in [1.807, 2.05) is 7.05 Å². The first-order chi connectivity index (χ1) is 8.79. The van der Waals surface area contributed by atoms with Crippen molar-refractivity contribution in [3.05, 3.63) is 17.5 Å². The molecule has 1 heterocycles. The Bertz CT molecular complexity index is 456. The van der Waals surface area contributed by atoms with E-state index in [0.717, 1.165) is 30.6 Å². The fraction of sp³-hybridized carbons (Fsp3) is 0.714. The molecule has 106 valence electrons. The maximum atomic E-state index is 10.8. The summed E-state index contributed by atoms with van der Waals surface area (Å²) in [6, 6.07) is 0.351. The Labute approximate surface area is 113 Å². The van der Waals surface area contributed by atoms with Gasteiger partial charge in [0.25, 0.3) is 0 Å². The molecule has 5 nitrogen and oxygen atoms in total. The zero-order chi connectivity index (χ0) is 14.2. The van der Waals surface area contributed by atoms with Crippen molar-refractivity contribution in [1.29, 1.82) is 0 Å². The number of hydrogen-bond donors (Lipinski definition) is 1. The maximum absolute atomic E-state index is 10.8. The van der Waals surface area contributed by atoms with Gasteiger partial charge in [0.15, 0.2) is 0 Å². The number of carbonyl (C=O) groups is 1. The van der Waals surface area contributed by atoms with Gasteiger partial charge in [-0.3, -0.25) is 9.69 Å². The Kier molecular flexibility index (Phi) is 3.67. The van der Waals surface area contributed by atoms with E-state index in [1.54, 1.807) is 6.26 Å². The number of carboxylic acid groups (broad SMARTS) is 1. The third-order valence-electron chi connectivity index (χ3n) is 3.86. The van der Waals surface area contributed by atoms with E-state index in [-0.39, 0.29) is 11.3 Å². The zero-order valence-electron chi connectivity index (χ0n) is 12.0. The summed E-state index contributed by atoms with van der Waals surface area (Å²) in [6.45, 7) is 7.08. The first-order valence-corrected chi connectivity index (χ1v) is 6.66. The highest BCUT2D eigenvalue weighted by Gasteiger charge is 2.37. The van der Waals surface area contributed by atoms with Crippen LogP contribution in [0.4, 0.5) is 0 Å². The molecule has 0 atom stereocenters. The molecule has 1 aliphatic carbocycles. The molecule has 0 saturated heterocycles. The normalized spacial score (nSPS) is 23.4. The van der Waals surface area contributed by atoms with Gasteiger partial charge in [-0.2, -0.15) is 0 Å². The number of nitrogens with zero attached hydrogens (tertiary/aromatic N) is 2. The van der Waals surface area contributed by atoms with Gasteiger partial charge in [0.1, 0.15) is 6.26 Å². The molecule has 0 bridgehead atoms. The van der Waals surface area contributed by atoms with E-state index in [9.17, 15) is 4.79 Å². The van der Waals surface area contributed by atoms with Crippen molar-refractivity contribution >= 4 is 5.97 Å². The van der Waals surface area contributed by atoms with Crippen molar-refractivity contribution in [2.75, 3.05) is 7.05 Å². The summed E-state index contributed by atoms with van der Waals surface area (Å²) < 4.78 is 5.09. The number of rotatable bonds is 4. The second-order valence-corrected chi connectivity index (χ2v) is 6.51. The SMILES string of the molecule is CN(Cc1conc1C(C)(C)C)C1CC(C(=O)O)C1. The molecule has 0 spiro atoms. The summed E-state index contributed by atoms with van der Waals surface area (Å²) in [6.07, 6.45) is 3.17. The summed E-state index contributed by atoms with van der Waals surface area (Å²) in [5.74, 6) is -0.845. The lowest BCUT2D eigenvalue weighted by Gasteiger charge is -2.39. The van der Waals surface area contributed by atoms with Gasteiger partial charge in [-0.05, 0) is 19.9 Å². The molecule has 19 heavy (non-hydrogen) atoms. The fourth-order valence-electron chi connectivity index (χ4n) is 2.54. The summed E-state index contributed by atoms with van der Waals surface area (Å²) in [5, 5.41) is 13.0. The lowest BCUT2D eigenvalue weighted by atomic mass is 9.79. The van der Waals surface area contributed by atoms with E-state index in [1.165, 1.54) is 0 Å². The Balaban J connectivity index is 1.96. The molecule has 1 aromatic rings. The standard InChI is InChI=1S/C14H22N2O3/c1-14(2,3)12-10(8-19-15-12)7-16(4)11-5-9(6-11)13(17)18/h8-9,11H,5-7H2,1-4H3,(H,17,18). The zero-order valence-corrected chi connectivity index (χ0v) is 12.0. The van der Waals surface area contributed by atoms with Gasteiger partial charge in [0.2, 0.25) is 0 Å². The van der Waals surface area contributed by atoms with Crippen LogP contribution in [0.5, 0.6) is 0 Å². The van der Waals surface area contributed by atoms with Crippen LogP contribution < -0.4 is 0 Å². The van der Waals surface area contributed by atoms with Crippen molar-refractivity contribution < 1.29 is 14.4 Å². The first-order valence-electron chi connectivity index (χ1n) is 6.66. The number of aromatic nitrogens is 1. The van der Waals surface area contributed by atoms with Gasteiger partial charge < -0.3 is 9.63 Å². The van der Waals surface area contributed by atoms with Gasteiger partial charge in [-0.15, -0.1) is 0 Å². The van der Waals surface area contributed by atoms with Crippen LogP contribution in [0, 0.1) is 5.92 Å². The molecule has 1 fully saturated rings. The Hall–Kier alpha value is -1.36. The topological polar surface area (TPSA) is 66.6 Å². The van der Waals surface area contributed by atoms with Crippen molar-refractivity contribution in [3.8, 4) is 0 Å². The highest BCUT2D eigenvalue weighted by molar-refractivity contribution is 5.71. The van der Waals surface area contributed by atoms with E-state index in [2.05, 4.69) is 30.8 Å². The van der Waals surface area contributed by atoms with Crippen LogP contribution in [0.3, 0.4) is 0 Å². The van der Waals surface area contributed by atoms with E-state index < -0.39 is 5.97 Å². The lowest BCUT2D eigenvalue weighted by Crippen LogP contribution is -2.45. The van der Waals surface area contributed by atoms with Crippen molar-refractivity contribution in [2.24, 2.45) is 5.92 Å². The monoisotopic (exact) mass is 266 g/mol. The van der Waals surface area contributed by atoms with Gasteiger partial charge in [0.05, 0.1) is 11.6 Å². The van der Waals surface area contributed by atoms with Crippen molar-refractivity contribution in [1.82, 2.24) is 10.1 Å². The van der Waals surface area contributed by atoms with Crippen LogP contribution in [0.2, 0.25) is 0 Å². The molecule has 0 radical (unpaired) electrons. The molecule has 1 aromatic heterocycles. The van der Waals surface area contributed by atoms with Crippen LogP contribution in [-0.4, -0.2) is 34.2 Å². The van der Waals surface area contributed by atoms with E-state index >= 15 is 0 Å². The number of hydrogen-bond acceptors (Lipinski definition) is 4. The molecule has 1 aliphatic rings. The highest BCUT2D eigenvalue weighted by atomic mass is 16.5. The smallest absolute Gasteiger partial charge is 0.306 e. The van der Waals surface area contributed by atoms with Crippen LogP contribution in [0.1, 0.15) is 44.9 Å². The quantitative estimate of drug-likeness (QED) is 0.905. The minimum atomic E-state index is -0.676. The number of carboxylic acids is 1. The van der Waals surface area contributed by atoms with Gasteiger partial charge >= 0.3 is 5.97 Å². The summed E-state index contributed by atoms with van der Waals surface area (Å²) in [7, 11) is 2.03. The Morgan fingerprint density at radius 3 is 2.68 bits per heavy atom. The largest absolute Gasteiger partial charge is 0.481 e. The predicted molar refractivity (Wildman–Crippen MR) is 70.8 cm³/mol. The summed E-state index contributed by atoms with van der Waals surface area (Å²) in [5.41, 5.74) is 2.04. The molecule has 1 saturated carbocycles. The molecule has 0 aliphatic heterocycles. The third-order valence-corrected chi connectivity index (χ3v) is 3.86. The molecular weight excluding hydrogens is 244 g/mol. The van der Waals surface area contributed by atoms with Gasteiger partial charge in [-0.1, -0.05) is 25.9 Å². The Morgan fingerprint density at radius 2 is 2.16 bits per heavy atom. The minimum Gasteiger partial charge on any atom is -0.481 e. The van der Waals surface area contributed by atoms with E-state index in [4.69, 9.17) is 9.63 Å². The van der Waals surface area contributed by atoms with Crippen LogP contribution in [-0.2, 0) is 16.8 Å². The molecule has 0 amide bonds. The number of aliphatic carboxylic acids is 1. The molecule has 0 unspecified atom stereocenters. The maximum Gasteiger partial charge on any atom is 0.306 e. The van der Waals surface area contributed by atoms with Crippen LogP contribution >= 0.6 is 0 Å². The minimum absolute atomic E-state index is 0.0353. The molecular formula is C14H22N2O3. The Morgan fingerprint density at radius 1 is 1.53 bits per heavy atom. The molecule has 2 rings (SSSR count). The van der Waals surface area contributed by atoms with Crippen molar-refractivity contribution in [2.45, 2.75) is 51.6 Å². The lowest BCUT2D eigenvalue weighted by molar-refractivity contribution is -0.146. The predicted octanol–water partition coefficient (Wildman–Crippen LogP) is 2.27. The summed E-state index contributed by atoms with van der Waals surface area (Å²) in [4.78, 5) is 13.0. The van der Waals surface area contributed by atoms with E-state index in [0.29, 0.717) is 6.04 Å². The fourth-order valence-corrected chi connectivity index (χ4v) is 2.54. The molecule has 1 N–H and O–H groups in total. The van der Waals surface area contributed by atoms with Crippen LogP contribution in [0.15, 0.2) is 10.8 Å².